The van der Waals surface area contributed by atoms with Gasteiger partial charge >= 0.3 is 0 Å². The molecule has 1 atom stereocenters. The van der Waals surface area contributed by atoms with Crippen molar-refractivity contribution in [2.75, 3.05) is 0 Å². The van der Waals surface area contributed by atoms with Gasteiger partial charge in [-0.05, 0) is 45.0 Å². The van der Waals surface area contributed by atoms with E-state index in [-0.39, 0.29) is 29.1 Å². The van der Waals surface area contributed by atoms with Crippen LogP contribution in [0.15, 0.2) is 96.6 Å². The zero-order chi connectivity index (χ0) is 26.3. The molecule has 1 N–H and O–H groups in total. The van der Waals surface area contributed by atoms with E-state index in [1.165, 1.54) is 17.0 Å². The summed E-state index contributed by atoms with van der Waals surface area (Å²) in [6.45, 7) is 6.44. The maximum Gasteiger partial charge on any atom is 0.295 e. The van der Waals surface area contributed by atoms with Crippen molar-refractivity contribution >= 4 is 28.2 Å². The number of hydrogen-bond donors (Lipinski definition) is 1. The fraction of sp³-hybridized carbons (Fsp3) is 0.188. The minimum absolute atomic E-state index is 0.0481. The predicted octanol–water partition coefficient (Wildman–Crippen LogP) is 6.90. The maximum absolute atomic E-state index is 13.5. The Morgan fingerprint density at radius 1 is 0.865 bits per heavy atom. The molecule has 4 aromatic carbocycles. The van der Waals surface area contributed by atoms with Gasteiger partial charge in [0, 0.05) is 12.1 Å². The van der Waals surface area contributed by atoms with Crippen LogP contribution in [0.1, 0.15) is 49.1 Å². The molecule has 0 saturated carbocycles. The molecule has 0 spiro atoms. The Morgan fingerprint density at radius 2 is 1.51 bits per heavy atom. The third-order valence-electron chi connectivity index (χ3n) is 6.94. The number of fused-ring (bicyclic) bond motifs is 1. The van der Waals surface area contributed by atoms with E-state index in [0.29, 0.717) is 11.1 Å². The molecule has 0 radical (unpaired) electrons. The van der Waals surface area contributed by atoms with Crippen molar-refractivity contribution < 1.29 is 19.1 Å². The summed E-state index contributed by atoms with van der Waals surface area (Å²) < 4.78 is 13.5. The van der Waals surface area contributed by atoms with Crippen LogP contribution in [-0.2, 0) is 21.5 Å². The number of ketones is 1. The molecule has 1 aliphatic heterocycles. The van der Waals surface area contributed by atoms with E-state index >= 15 is 0 Å². The van der Waals surface area contributed by atoms with Gasteiger partial charge in [0.05, 0.1) is 11.6 Å². The van der Waals surface area contributed by atoms with E-state index < -0.39 is 17.7 Å². The summed E-state index contributed by atoms with van der Waals surface area (Å²) in [6, 6.07) is 26.0. The minimum Gasteiger partial charge on any atom is -0.507 e. The molecule has 5 rings (SSSR count). The molecular weight excluding hydrogens is 465 g/mol. The van der Waals surface area contributed by atoms with Crippen molar-refractivity contribution in [3.63, 3.8) is 0 Å². The summed E-state index contributed by atoms with van der Waals surface area (Å²) in [5, 5.41) is 13.3. The molecule has 4 aromatic rings. The number of benzene rings is 4. The lowest BCUT2D eigenvalue weighted by Gasteiger charge is -2.26. The van der Waals surface area contributed by atoms with Gasteiger partial charge in [0.1, 0.15) is 11.6 Å². The maximum atomic E-state index is 13.5. The highest BCUT2D eigenvalue weighted by Crippen LogP contribution is 2.41. The number of aliphatic hydroxyl groups excluding tert-OH is 1. The van der Waals surface area contributed by atoms with Crippen molar-refractivity contribution in [1.82, 2.24) is 4.90 Å². The molecule has 37 heavy (non-hydrogen) atoms. The topological polar surface area (TPSA) is 57.6 Å². The van der Waals surface area contributed by atoms with Crippen LogP contribution in [0.25, 0.3) is 16.5 Å². The van der Waals surface area contributed by atoms with E-state index in [4.69, 9.17) is 0 Å². The summed E-state index contributed by atoms with van der Waals surface area (Å²) in [7, 11) is 0. The first kappa shape index (κ1) is 24.4. The summed E-state index contributed by atoms with van der Waals surface area (Å²) in [5.74, 6) is -2.02. The van der Waals surface area contributed by atoms with Crippen molar-refractivity contribution in [3.05, 3.63) is 125 Å². The number of carbonyl (C=O) groups is 2. The lowest BCUT2D eigenvalue weighted by molar-refractivity contribution is -0.140. The van der Waals surface area contributed by atoms with Gasteiger partial charge in [-0.3, -0.25) is 9.59 Å². The summed E-state index contributed by atoms with van der Waals surface area (Å²) >= 11 is 0. The van der Waals surface area contributed by atoms with Crippen LogP contribution < -0.4 is 0 Å². The zero-order valence-corrected chi connectivity index (χ0v) is 21.0. The van der Waals surface area contributed by atoms with Crippen molar-refractivity contribution in [2.24, 2.45) is 0 Å². The third kappa shape index (κ3) is 4.53. The number of rotatable bonds is 4. The Hall–Kier alpha value is -4.25. The van der Waals surface area contributed by atoms with Crippen LogP contribution >= 0.6 is 0 Å². The van der Waals surface area contributed by atoms with E-state index in [2.05, 4.69) is 20.8 Å². The van der Waals surface area contributed by atoms with E-state index in [1.54, 1.807) is 18.2 Å². The highest BCUT2D eigenvalue weighted by Gasteiger charge is 2.46. The van der Waals surface area contributed by atoms with Gasteiger partial charge in [0.25, 0.3) is 11.7 Å². The molecule has 1 unspecified atom stereocenters. The van der Waals surface area contributed by atoms with Crippen molar-refractivity contribution in [3.8, 4) is 0 Å². The molecular formula is C32H28FNO3. The summed E-state index contributed by atoms with van der Waals surface area (Å²) in [5.41, 5.74) is 2.99. The average Bonchev–Trinajstić information content (AvgIpc) is 3.13. The standard InChI is InChI=1S/C32H28FNO3/c1-32(2,3)23-15-13-22(14-16-23)28-27(29(35)26-10-6-8-21-7-4-5-9-25(21)26)30(36)31(37)34(28)19-20-11-17-24(33)18-12-20/h4-18,28,35H,19H2,1-3H3/b29-27-. The normalized spacial score (nSPS) is 17.5. The van der Waals surface area contributed by atoms with Crippen molar-refractivity contribution in [2.45, 2.75) is 38.8 Å². The molecule has 1 amide bonds. The second-order valence-corrected chi connectivity index (χ2v) is 10.5. The first-order valence-electron chi connectivity index (χ1n) is 12.3. The minimum atomic E-state index is -0.793. The number of carbonyl (C=O) groups excluding carboxylic acids is 2. The first-order chi connectivity index (χ1) is 17.6. The van der Waals surface area contributed by atoms with Gasteiger partial charge in [-0.1, -0.05) is 99.6 Å². The molecule has 4 nitrogen and oxygen atoms in total. The van der Waals surface area contributed by atoms with Gasteiger partial charge in [-0.2, -0.15) is 0 Å². The fourth-order valence-electron chi connectivity index (χ4n) is 4.92. The number of amides is 1. The van der Waals surface area contributed by atoms with Crippen molar-refractivity contribution in [1.29, 1.82) is 0 Å². The molecule has 5 heteroatoms. The number of Topliss-reactive ketones (excluding diaryl/α,β-unsaturated/α-hetero) is 1. The quantitative estimate of drug-likeness (QED) is 0.191. The van der Waals surface area contributed by atoms with Crippen LogP contribution in [-0.4, -0.2) is 21.7 Å². The fourth-order valence-corrected chi connectivity index (χ4v) is 4.92. The highest BCUT2D eigenvalue weighted by molar-refractivity contribution is 6.46. The molecule has 1 fully saturated rings. The van der Waals surface area contributed by atoms with Crippen LogP contribution in [0.3, 0.4) is 0 Å². The van der Waals surface area contributed by atoms with Gasteiger partial charge in [0.2, 0.25) is 0 Å². The van der Waals surface area contributed by atoms with E-state index in [1.807, 2.05) is 60.7 Å². The summed E-state index contributed by atoms with van der Waals surface area (Å²) in [6.07, 6.45) is 0. The van der Waals surface area contributed by atoms with Crippen LogP contribution in [0.2, 0.25) is 0 Å². The number of halogens is 1. The van der Waals surface area contributed by atoms with Gasteiger partial charge < -0.3 is 10.0 Å². The van der Waals surface area contributed by atoms with Crippen LogP contribution in [0.4, 0.5) is 4.39 Å². The summed E-state index contributed by atoms with van der Waals surface area (Å²) in [4.78, 5) is 28.3. The molecule has 0 bridgehead atoms. The molecule has 1 saturated heterocycles. The monoisotopic (exact) mass is 493 g/mol. The number of nitrogens with zero attached hydrogens (tertiary/aromatic N) is 1. The second kappa shape index (κ2) is 9.32. The zero-order valence-electron chi connectivity index (χ0n) is 21.0. The first-order valence-corrected chi connectivity index (χ1v) is 12.3. The Morgan fingerprint density at radius 3 is 2.19 bits per heavy atom. The second-order valence-electron chi connectivity index (χ2n) is 10.5. The van der Waals surface area contributed by atoms with E-state index in [9.17, 15) is 19.1 Å². The molecule has 0 aliphatic carbocycles. The Balaban J connectivity index is 1.69. The van der Waals surface area contributed by atoms with Crippen LogP contribution in [0, 0.1) is 5.82 Å². The molecule has 1 heterocycles. The third-order valence-corrected chi connectivity index (χ3v) is 6.94. The smallest absolute Gasteiger partial charge is 0.295 e. The Bertz CT molecular complexity index is 1520. The SMILES string of the molecule is CC(C)(C)c1ccc(C2/C(=C(/O)c3cccc4ccccc34)C(=O)C(=O)N2Cc2ccc(F)cc2)cc1. The highest BCUT2D eigenvalue weighted by atomic mass is 19.1. The van der Waals surface area contributed by atoms with Gasteiger partial charge in [-0.15, -0.1) is 0 Å². The van der Waals surface area contributed by atoms with Gasteiger partial charge in [0.15, 0.2) is 0 Å². The largest absolute Gasteiger partial charge is 0.507 e. The Labute approximate surface area is 215 Å². The molecule has 0 aromatic heterocycles. The number of aliphatic hydroxyl groups is 1. The van der Waals surface area contributed by atoms with Gasteiger partial charge in [-0.25, -0.2) is 4.39 Å². The van der Waals surface area contributed by atoms with E-state index in [0.717, 1.165) is 21.9 Å². The molecule has 186 valence electrons. The lowest BCUT2D eigenvalue weighted by Crippen LogP contribution is -2.29. The molecule has 1 aliphatic rings. The Kier molecular flexibility index (Phi) is 6.16. The average molecular weight is 494 g/mol. The lowest BCUT2D eigenvalue weighted by atomic mass is 9.85. The van der Waals surface area contributed by atoms with Crippen LogP contribution in [0.5, 0.6) is 0 Å². The number of hydrogen-bond acceptors (Lipinski definition) is 3. The predicted molar refractivity (Wildman–Crippen MR) is 143 cm³/mol. The number of likely N-dealkylation sites (tertiary alicyclic amines) is 1.